The molecule has 1 saturated carbocycles. The topological polar surface area (TPSA) is 91.0 Å². The van der Waals surface area contributed by atoms with Crippen molar-refractivity contribution in [3.05, 3.63) is 35.4 Å². The van der Waals surface area contributed by atoms with Crippen molar-refractivity contribution in [2.75, 3.05) is 26.2 Å². The molecule has 1 atom stereocenters. The lowest BCUT2D eigenvalue weighted by Gasteiger charge is -2.34. The fourth-order valence-electron chi connectivity index (χ4n) is 5.27. The molecule has 1 aliphatic carbocycles. The largest absolute Gasteiger partial charge is 0.376 e. The van der Waals surface area contributed by atoms with E-state index in [4.69, 9.17) is 4.74 Å². The standard InChI is InChI=1S/C25H36N4O4/c1-3-19-7-9-25(10-8-19)23(31)29(24(32)27-25)17-22(30)26-14-20-5-4-6-21(13-20)16-28-11-12-33-18(2)15-28/h4-6,13,18-19H,3,7-12,14-17H2,1-2H3,(H,26,30)(H,27,32). The molecule has 0 radical (unpaired) electrons. The summed E-state index contributed by atoms with van der Waals surface area (Å²) in [4.78, 5) is 41.5. The molecule has 4 amide bonds. The van der Waals surface area contributed by atoms with Crippen LogP contribution in [0.2, 0.25) is 0 Å². The highest BCUT2D eigenvalue weighted by Crippen LogP contribution is 2.37. The van der Waals surface area contributed by atoms with E-state index in [0.29, 0.717) is 25.3 Å². The highest BCUT2D eigenvalue weighted by Gasteiger charge is 2.52. The van der Waals surface area contributed by atoms with Crippen LogP contribution in [-0.4, -0.2) is 65.5 Å². The molecule has 1 spiro atoms. The van der Waals surface area contributed by atoms with Gasteiger partial charge in [-0.3, -0.25) is 19.4 Å². The molecule has 3 aliphatic rings. The van der Waals surface area contributed by atoms with Crippen molar-refractivity contribution in [3.63, 3.8) is 0 Å². The third-order valence-electron chi connectivity index (χ3n) is 7.30. The highest BCUT2D eigenvalue weighted by molar-refractivity contribution is 6.09. The molecule has 2 aliphatic heterocycles. The van der Waals surface area contributed by atoms with Crippen LogP contribution in [0.4, 0.5) is 4.79 Å². The van der Waals surface area contributed by atoms with Gasteiger partial charge in [-0.15, -0.1) is 0 Å². The summed E-state index contributed by atoms with van der Waals surface area (Å²) in [5.41, 5.74) is 1.37. The SMILES string of the molecule is CCC1CCC2(CC1)NC(=O)N(CC(=O)NCc1cccc(CN3CCOC(C)C3)c1)C2=O. The van der Waals surface area contributed by atoms with Crippen molar-refractivity contribution in [1.29, 1.82) is 0 Å². The molecule has 1 aromatic carbocycles. The van der Waals surface area contributed by atoms with Crippen molar-refractivity contribution in [3.8, 4) is 0 Å². The van der Waals surface area contributed by atoms with Crippen LogP contribution in [0.1, 0.15) is 57.1 Å². The van der Waals surface area contributed by atoms with E-state index < -0.39 is 11.6 Å². The second-order valence-electron chi connectivity index (χ2n) is 9.77. The van der Waals surface area contributed by atoms with Gasteiger partial charge in [0.25, 0.3) is 5.91 Å². The van der Waals surface area contributed by atoms with E-state index in [1.165, 1.54) is 5.56 Å². The first-order valence-electron chi connectivity index (χ1n) is 12.2. The molecular formula is C25H36N4O4. The van der Waals surface area contributed by atoms with Crippen LogP contribution in [0.5, 0.6) is 0 Å². The Morgan fingerprint density at radius 3 is 2.73 bits per heavy atom. The lowest BCUT2D eigenvalue weighted by Crippen LogP contribution is -2.50. The summed E-state index contributed by atoms with van der Waals surface area (Å²) in [7, 11) is 0. The van der Waals surface area contributed by atoms with Crippen LogP contribution in [-0.2, 0) is 27.4 Å². The number of hydrogen-bond acceptors (Lipinski definition) is 5. The normalized spacial score (nSPS) is 28.2. The molecular weight excluding hydrogens is 420 g/mol. The molecule has 8 heteroatoms. The molecule has 33 heavy (non-hydrogen) atoms. The summed E-state index contributed by atoms with van der Waals surface area (Å²) in [6.07, 6.45) is 4.51. The van der Waals surface area contributed by atoms with Gasteiger partial charge < -0.3 is 15.4 Å². The summed E-state index contributed by atoms with van der Waals surface area (Å²) in [5.74, 6) is 0.0317. The Morgan fingerprint density at radius 1 is 1.24 bits per heavy atom. The van der Waals surface area contributed by atoms with Crippen molar-refractivity contribution in [2.45, 2.75) is 70.7 Å². The summed E-state index contributed by atoms with van der Waals surface area (Å²) in [6, 6.07) is 7.70. The number of morpholine rings is 1. The van der Waals surface area contributed by atoms with Crippen molar-refractivity contribution in [1.82, 2.24) is 20.4 Å². The molecule has 0 bridgehead atoms. The molecule has 0 aromatic heterocycles. The first kappa shape index (κ1) is 23.7. The van der Waals surface area contributed by atoms with Crippen LogP contribution in [0.15, 0.2) is 24.3 Å². The molecule has 8 nitrogen and oxygen atoms in total. The smallest absolute Gasteiger partial charge is 0.325 e. The zero-order chi connectivity index (χ0) is 23.4. The predicted octanol–water partition coefficient (Wildman–Crippen LogP) is 2.41. The fourth-order valence-corrected chi connectivity index (χ4v) is 5.27. The van der Waals surface area contributed by atoms with Crippen LogP contribution < -0.4 is 10.6 Å². The van der Waals surface area contributed by atoms with Gasteiger partial charge in [0.05, 0.1) is 12.7 Å². The second kappa shape index (κ2) is 10.2. The van der Waals surface area contributed by atoms with E-state index in [2.05, 4.69) is 41.5 Å². The number of benzene rings is 1. The number of rotatable bonds is 7. The molecule has 3 fully saturated rings. The summed E-state index contributed by atoms with van der Waals surface area (Å²) in [5, 5.41) is 5.75. The second-order valence-corrected chi connectivity index (χ2v) is 9.77. The summed E-state index contributed by atoms with van der Waals surface area (Å²) < 4.78 is 5.61. The maximum Gasteiger partial charge on any atom is 0.325 e. The van der Waals surface area contributed by atoms with Gasteiger partial charge >= 0.3 is 6.03 Å². The zero-order valence-electron chi connectivity index (χ0n) is 19.8. The number of amides is 4. The minimum absolute atomic E-state index is 0.241. The minimum atomic E-state index is -0.811. The van der Waals surface area contributed by atoms with Gasteiger partial charge in [0.2, 0.25) is 5.91 Å². The van der Waals surface area contributed by atoms with Gasteiger partial charge in [0, 0.05) is 26.2 Å². The Labute approximate surface area is 196 Å². The number of nitrogens with zero attached hydrogens (tertiary/aromatic N) is 2. The predicted molar refractivity (Wildman–Crippen MR) is 124 cm³/mol. The molecule has 2 heterocycles. The number of carbonyl (C=O) groups is 3. The van der Waals surface area contributed by atoms with Crippen LogP contribution >= 0.6 is 0 Å². The van der Waals surface area contributed by atoms with Gasteiger partial charge in [0.15, 0.2) is 0 Å². The Balaban J connectivity index is 1.28. The van der Waals surface area contributed by atoms with E-state index in [1.807, 2.05) is 12.1 Å². The average molecular weight is 457 g/mol. The Hall–Kier alpha value is -2.45. The molecule has 1 aromatic rings. The summed E-state index contributed by atoms with van der Waals surface area (Å²) in [6.45, 7) is 7.78. The quantitative estimate of drug-likeness (QED) is 0.615. The number of nitrogens with one attached hydrogen (secondary N) is 2. The van der Waals surface area contributed by atoms with Gasteiger partial charge in [-0.05, 0) is 49.7 Å². The van der Waals surface area contributed by atoms with Crippen molar-refractivity contribution < 1.29 is 19.1 Å². The van der Waals surface area contributed by atoms with Crippen LogP contribution in [0.3, 0.4) is 0 Å². The van der Waals surface area contributed by atoms with E-state index in [-0.39, 0.29) is 24.5 Å². The van der Waals surface area contributed by atoms with E-state index in [9.17, 15) is 14.4 Å². The number of imide groups is 1. The van der Waals surface area contributed by atoms with E-state index >= 15 is 0 Å². The van der Waals surface area contributed by atoms with Crippen LogP contribution in [0.25, 0.3) is 0 Å². The lowest BCUT2D eigenvalue weighted by atomic mass is 9.75. The first-order chi connectivity index (χ1) is 15.9. The molecule has 2 N–H and O–H groups in total. The van der Waals surface area contributed by atoms with E-state index in [0.717, 1.165) is 56.0 Å². The van der Waals surface area contributed by atoms with E-state index in [1.54, 1.807) is 0 Å². The van der Waals surface area contributed by atoms with Gasteiger partial charge in [-0.25, -0.2) is 4.79 Å². The number of hydrogen-bond donors (Lipinski definition) is 2. The van der Waals surface area contributed by atoms with Gasteiger partial charge in [0.1, 0.15) is 12.1 Å². The third-order valence-corrected chi connectivity index (χ3v) is 7.30. The van der Waals surface area contributed by atoms with Crippen molar-refractivity contribution >= 4 is 17.8 Å². The lowest BCUT2D eigenvalue weighted by molar-refractivity contribution is -0.136. The monoisotopic (exact) mass is 456 g/mol. The maximum absolute atomic E-state index is 13.0. The number of urea groups is 1. The third kappa shape index (κ3) is 5.55. The van der Waals surface area contributed by atoms with Gasteiger partial charge in [-0.2, -0.15) is 0 Å². The first-order valence-corrected chi connectivity index (χ1v) is 12.2. The molecule has 2 saturated heterocycles. The Kier molecular flexibility index (Phi) is 7.34. The molecule has 4 rings (SSSR count). The summed E-state index contributed by atoms with van der Waals surface area (Å²) >= 11 is 0. The highest BCUT2D eigenvalue weighted by atomic mass is 16.5. The molecule has 1 unspecified atom stereocenters. The fraction of sp³-hybridized carbons (Fsp3) is 0.640. The maximum atomic E-state index is 13.0. The Morgan fingerprint density at radius 2 is 2.00 bits per heavy atom. The Bertz CT molecular complexity index is 881. The average Bonchev–Trinajstić information content (AvgIpc) is 3.02. The van der Waals surface area contributed by atoms with Crippen molar-refractivity contribution in [2.24, 2.45) is 5.92 Å². The number of carbonyl (C=O) groups excluding carboxylic acids is 3. The van der Waals surface area contributed by atoms with Crippen LogP contribution in [0, 0.1) is 5.92 Å². The van der Waals surface area contributed by atoms with Gasteiger partial charge in [-0.1, -0.05) is 37.6 Å². The zero-order valence-corrected chi connectivity index (χ0v) is 19.8. The minimum Gasteiger partial charge on any atom is -0.376 e. The molecule has 180 valence electrons. The number of ether oxygens (including phenoxy) is 1.